The topological polar surface area (TPSA) is 191 Å². The SMILES string of the molecule is CCC(C)C(N)C(=O)NC(CO)C(=O)NC(CCSC)C(=O)NC(C(=O)O)C(C)O. The Morgan fingerprint density at radius 3 is 1.97 bits per heavy atom. The van der Waals surface area contributed by atoms with Crippen molar-refractivity contribution in [2.24, 2.45) is 11.7 Å². The van der Waals surface area contributed by atoms with E-state index in [1.807, 2.05) is 6.92 Å². The van der Waals surface area contributed by atoms with Crippen LogP contribution in [0.4, 0.5) is 0 Å². The number of aliphatic hydroxyl groups excluding tert-OH is 2. The molecule has 0 fully saturated rings. The Morgan fingerprint density at radius 1 is 1.00 bits per heavy atom. The first-order valence-electron chi connectivity index (χ1n) is 9.67. The van der Waals surface area contributed by atoms with E-state index in [1.54, 1.807) is 13.2 Å². The van der Waals surface area contributed by atoms with Gasteiger partial charge in [-0.15, -0.1) is 0 Å². The lowest BCUT2D eigenvalue weighted by molar-refractivity contribution is -0.145. The van der Waals surface area contributed by atoms with Crippen molar-refractivity contribution < 1.29 is 34.5 Å². The fourth-order valence-electron chi connectivity index (χ4n) is 2.39. The van der Waals surface area contributed by atoms with E-state index in [1.165, 1.54) is 18.7 Å². The number of rotatable bonds is 14. The van der Waals surface area contributed by atoms with Crippen molar-refractivity contribution in [1.82, 2.24) is 16.0 Å². The molecule has 0 bridgehead atoms. The first-order chi connectivity index (χ1) is 14.0. The number of nitrogens with one attached hydrogen (secondary N) is 3. The van der Waals surface area contributed by atoms with Crippen molar-refractivity contribution in [3.8, 4) is 0 Å². The minimum Gasteiger partial charge on any atom is -0.480 e. The molecule has 3 amide bonds. The maximum atomic E-state index is 12.5. The Morgan fingerprint density at radius 2 is 1.53 bits per heavy atom. The second kappa shape index (κ2) is 14.2. The van der Waals surface area contributed by atoms with Crippen LogP contribution in [0.15, 0.2) is 0 Å². The molecule has 30 heavy (non-hydrogen) atoms. The summed E-state index contributed by atoms with van der Waals surface area (Å²) in [5, 5.41) is 35.1. The van der Waals surface area contributed by atoms with E-state index in [0.29, 0.717) is 12.2 Å². The van der Waals surface area contributed by atoms with Crippen LogP contribution in [0, 0.1) is 5.92 Å². The number of aliphatic hydroxyl groups is 2. The number of nitrogens with two attached hydrogens (primary N) is 1. The Kier molecular flexibility index (Phi) is 13.3. The zero-order chi connectivity index (χ0) is 23.4. The van der Waals surface area contributed by atoms with Crippen molar-refractivity contribution in [2.45, 2.75) is 63.9 Å². The summed E-state index contributed by atoms with van der Waals surface area (Å²) in [4.78, 5) is 48.4. The number of amides is 3. The average molecular weight is 451 g/mol. The molecule has 0 aromatic carbocycles. The molecule has 8 N–H and O–H groups in total. The summed E-state index contributed by atoms with van der Waals surface area (Å²) >= 11 is 1.41. The molecule has 0 aliphatic carbocycles. The van der Waals surface area contributed by atoms with Crippen molar-refractivity contribution >= 4 is 35.5 Å². The number of carbonyl (C=O) groups excluding carboxylic acids is 3. The van der Waals surface area contributed by atoms with Crippen LogP contribution >= 0.6 is 11.8 Å². The molecule has 0 aliphatic heterocycles. The molecule has 0 saturated carbocycles. The van der Waals surface area contributed by atoms with Gasteiger partial charge in [0.2, 0.25) is 17.7 Å². The van der Waals surface area contributed by atoms with Crippen LogP contribution in [-0.2, 0) is 19.2 Å². The van der Waals surface area contributed by atoms with Gasteiger partial charge >= 0.3 is 5.97 Å². The molecule has 11 nitrogen and oxygen atoms in total. The summed E-state index contributed by atoms with van der Waals surface area (Å²) in [6.45, 7) is 4.14. The highest BCUT2D eigenvalue weighted by atomic mass is 32.2. The standard InChI is InChI=1S/C18H34N4O7S/c1-5-9(2)13(19)17(27)21-12(8-23)16(26)20-11(6-7-30-4)15(25)22-14(10(3)24)18(28)29/h9-14,23-24H,5-8,19H2,1-4H3,(H,20,26)(H,21,27)(H,22,25)(H,28,29). The van der Waals surface area contributed by atoms with Crippen molar-refractivity contribution in [2.75, 3.05) is 18.6 Å². The Balaban J connectivity index is 5.23. The fraction of sp³-hybridized carbons (Fsp3) is 0.778. The minimum atomic E-state index is -1.55. The third kappa shape index (κ3) is 9.28. The molecule has 0 aromatic heterocycles. The normalized spacial score (nSPS) is 17.0. The van der Waals surface area contributed by atoms with Gasteiger partial charge in [0.05, 0.1) is 18.8 Å². The van der Waals surface area contributed by atoms with Gasteiger partial charge in [-0.05, 0) is 31.3 Å². The smallest absolute Gasteiger partial charge is 0.328 e. The highest BCUT2D eigenvalue weighted by Gasteiger charge is 2.31. The molecule has 0 spiro atoms. The average Bonchev–Trinajstić information content (AvgIpc) is 2.70. The summed E-state index contributed by atoms with van der Waals surface area (Å²) in [6.07, 6.45) is 1.26. The number of hydrogen-bond donors (Lipinski definition) is 7. The van der Waals surface area contributed by atoms with Gasteiger partial charge < -0.3 is 37.0 Å². The molecule has 12 heteroatoms. The minimum absolute atomic E-state index is 0.138. The monoisotopic (exact) mass is 450 g/mol. The van der Waals surface area contributed by atoms with Gasteiger partial charge in [-0.2, -0.15) is 11.8 Å². The molecule has 174 valence electrons. The fourth-order valence-corrected chi connectivity index (χ4v) is 2.87. The highest BCUT2D eigenvalue weighted by Crippen LogP contribution is 2.06. The molecular weight excluding hydrogens is 416 g/mol. The third-order valence-corrected chi connectivity index (χ3v) is 5.31. The van der Waals surface area contributed by atoms with Gasteiger partial charge in [0.25, 0.3) is 0 Å². The summed E-state index contributed by atoms with van der Waals surface area (Å²) in [6, 6.07) is -4.87. The predicted molar refractivity (Wildman–Crippen MR) is 113 cm³/mol. The van der Waals surface area contributed by atoms with Gasteiger partial charge in [-0.25, -0.2) is 4.79 Å². The van der Waals surface area contributed by atoms with E-state index >= 15 is 0 Å². The summed E-state index contributed by atoms with van der Waals surface area (Å²) < 4.78 is 0. The Labute approximate surface area is 180 Å². The van der Waals surface area contributed by atoms with E-state index in [4.69, 9.17) is 10.8 Å². The van der Waals surface area contributed by atoms with E-state index in [2.05, 4.69) is 16.0 Å². The molecule has 0 aromatic rings. The summed E-state index contributed by atoms with van der Waals surface area (Å²) in [5.74, 6) is -3.31. The van der Waals surface area contributed by atoms with Crippen LogP contribution in [-0.4, -0.2) is 87.9 Å². The molecule has 0 heterocycles. The van der Waals surface area contributed by atoms with Gasteiger partial charge in [-0.1, -0.05) is 20.3 Å². The predicted octanol–water partition coefficient (Wildman–Crippen LogP) is -1.97. The number of carboxylic acid groups (broad SMARTS) is 1. The van der Waals surface area contributed by atoms with E-state index in [-0.39, 0.29) is 12.3 Å². The van der Waals surface area contributed by atoms with Crippen molar-refractivity contribution in [3.05, 3.63) is 0 Å². The van der Waals surface area contributed by atoms with E-state index in [9.17, 15) is 29.4 Å². The van der Waals surface area contributed by atoms with Crippen molar-refractivity contribution in [1.29, 1.82) is 0 Å². The van der Waals surface area contributed by atoms with Crippen LogP contribution in [0.5, 0.6) is 0 Å². The first-order valence-corrected chi connectivity index (χ1v) is 11.1. The van der Waals surface area contributed by atoms with Gasteiger partial charge in [0.1, 0.15) is 12.1 Å². The van der Waals surface area contributed by atoms with Crippen molar-refractivity contribution in [3.63, 3.8) is 0 Å². The second-order valence-corrected chi connectivity index (χ2v) is 8.05. The van der Waals surface area contributed by atoms with E-state index in [0.717, 1.165) is 0 Å². The molecule has 6 atom stereocenters. The highest BCUT2D eigenvalue weighted by molar-refractivity contribution is 7.98. The summed E-state index contributed by atoms with van der Waals surface area (Å²) in [5.41, 5.74) is 5.83. The first kappa shape index (κ1) is 28.1. The lowest BCUT2D eigenvalue weighted by Crippen LogP contribution is -2.59. The molecule has 0 aliphatic rings. The van der Waals surface area contributed by atoms with Gasteiger partial charge in [0.15, 0.2) is 6.04 Å². The molecule has 6 unspecified atom stereocenters. The molecule has 0 rings (SSSR count). The third-order valence-electron chi connectivity index (χ3n) is 4.67. The molecule has 0 radical (unpaired) electrons. The number of carbonyl (C=O) groups is 4. The maximum Gasteiger partial charge on any atom is 0.328 e. The van der Waals surface area contributed by atoms with Gasteiger partial charge in [0, 0.05) is 0 Å². The number of aliphatic carboxylic acids is 1. The lowest BCUT2D eigenvalue weighted by atomic mass is 9.99. The number of carboxylic acids is 1. The number of thioether (sulfide) groups is 1. The Hall–Kier alpha value is -1.89. The lowest BCUT2D eigenvalue weighted by Gasteiger charge is -2.25. The number of hydrogen-bond acceptors (Lipinski definition) is 8. The molecular formula is C18H34N4O7S. The van der Waals surface area contributed by atoms with Crippen LogP contribution < -0.4 is 21.7 Å². The largest absolute Gasteiger partial charge is 0.480 e. The van der Waals surface area contributed by atoms with Crippen LogP contribution in [0.2, 0.25) is 0 Å². The second-order valence-electron chi connectivity index (χ2n) is 7.06. The van der Waals surface area contributed by atoms with E-state index < -0.39 is 60.6 Å². The summed E-state index contributed by atoms with van der Waals surface area (Å²) in [7, 11) is 0. The zero-order valence-corrected chi connectivity index (χ0v) is 18.6. The van der Waals surface area contributed by atoms with Crippen LogP contribution in [0.3, 0.4) is 0 Å². The quantitative estimate of drug-likeness (QED) is 0.157. The van der Waals surface area contributed by atoms with Crippen LogP contribution in [0.1, 0.15) is 33.6 Å². The molecule has 0 saturated heterocycles. The van der Waals surface area contributed by atoms with Crippen LogP contribution in [0.25, 0.3) is 0 Å². The zero-order valence-electron chi connectivity index (χ0n) is 17.8. The Bertz CT molecular complexity index is 591. The maximum absolute atomic E-state index is 12.5. The van der Waals surface area contributed by atoms with Gasteiger partial charge in [-0.3, -0.25) is 14.4 Å².